The standard InChI is InChI=1S/C22H21N5O2S/c1-2-3-6-17(20-19(22(28)29)13-30-25-20)15-11-9-14(10-12-15)16-7-4-5-8-18(16)21-23-26-27-24-21/h4-5,7-13,17H,2-3,6H2,1H3,(H,28,29)(H,23,24,26,27). The SMILES string of the molecule is CCCCC(c1ccc(-c2ccccc2-c2nnn[nH]2)cc1)c1nscc1C(=O)O. The summed E-state index contributed by atoms with van der Waals surface area (Å²) in [5.41, 5.74) is 5.00. The maximum absolute atomic E-state index is 11.6. The van der Waals surface area contributed by atoms with E-state index >= 15 is 0 Å². The lowest BCUT2D eigenvalue weighted by atomic mass is 9.87. The van der Waals surface area contributed by atoms with Crippen LogP contribution in [0.5, 0.6) is 0 Å². The van der Waals surface area contributed by atoms with Crippen LogP contribution in [0, 0.1) is 0 Å². The van der Waals surface area contributed by atoms with E-state index in [4.69, 9.17) is 0 Å². The van der Waals surface area contributed by atoms with E-state index in [9.17, 15) is 9.90 Å². The van der Waals surface area contributed by atoms with Crippen molar-refractivity contribution in [3.05, 3.63) is 70.7 Å². The Labute approximate surface area is 178 Å². The van der Waals surface area contributed by atoms with Gasteiger partial charge >= 0.3 is 5.97 Å². The number of nitrogens with zero attached hydrogens (tertiary/aromatic N) is 4. The molecular formula is C22H21N5O2S. The van der Waals surface area contributed by atoms with Crippen molar-refractivity contribution >= 4 is 17.5 Å². The fourth-order valence-electron chi connectivity index (χ4n) is 3.64. The van der Waals surface area contributed by atoms with Gasteiger partial charge in [-0.05, 0) is 45.1 Å². The molecule has 2 aromatic carbocycles. The molecule has 4 aromatic rings. The first-order valence-corrected chi connectivity index (χ1v) is 10.6. The molecule has 2 heterocycles. The zero-order valence-corrected chi connectivity index (χ0v) is 17.3. The van der Waals surface area contributed by atoms with Gasteiger partial charge in [0.1, 0.15) is 0 Å². The molecule has 0 spiro atoms. The molecule has 2 aromatic heterocycles. The van der Waals surface area contributed by atoms with Gasteiger partial charge in [0, 0.05) is 16.9 Å². The van der Waals surface area contributed by atoms with Gasteiger partial charge in [-0.25, -0.2) is 9.89 Å². The number of aromatic carboxylic acids is 1. The Bertz CT molecular complexity index is 1120. The van der Waals surface area contributed by atoms with E-state index in [-0.39, 0.29) is 5.92 Å². The number of rotatable bonds is 8. The van der Waals surface area contributed by atoms with Gasteiger partial charge in [-0.2, -0.15) is 4.37 Å². The van der Waals surface area contributed by atoms with Crippen molar-refractivity contribution in [2.75, 3.05) is 0 Å². The smallest absolute Gasteiger partial charge is 0.338 e. The van der Waals surface area contributed by atoms with Crippen LogP contribution in [0.15, 0.2) is 53.9 Å². The third kappa shape index (κ3) is 3.99. The highest BCUT2D eigenvalue weighted by atomic mass is 32.1. The predicted octanol–water partition coefficient (Wildman–Crippen LogP) is 5.01. The highest BCUT2D eigenvalue weighted by molar-refractivity contribution is 7.03. The average Bonchev–Trinajstić information content (AvgIpc) is 3.47. The van der Waals surface area contributed by atoms with Crippen LogP contribution in [0.2, 0.25) is 0 Å². The van der Waals surface area contributed by atoms with E-state index in [2.05, 4.69) is 56.2 Å². The monoisotopic (exact) mass is 419 g/mol. The van der Waals surface area contributed by atoms with Crippen molar-refractivity contribution in [2.45, 2.75) is 32.1 Å². The van der Waals surface area contributed by atoms with Crippen LogP contribution in [0.4, 0.5) is 0 Å². The van der Waals surface area contributed by atoms with Gasteiger partial charge in [-0.3, -0.25) is 0 Å². The molecule has 2 N–H and O–H groups in total. The first-order valence-electron chi connectivity index (χ1n) is 9.80. The van der Waals surface area contributed by atoms with Gasteiger partial charge in [-0.1, -0.05) is 68.3 Å². The minimum Gasteiger partial charge on any atom is -0.478 e. The van der Waals surface area contributed by atoms with Gasteiger partial charge in [0.25, 0.3) is 0 Å². The summed E-state index contributed by atoms with van der Waals surface area (Å²) in [5.74, 6) is -0.347. The summed E-state index contributed by atoms with van der Waals surface area (Å²) in [7, 11) is 0. The number of carboxylic acid groups (broad SMARTS) is 1. The number of tetrazole rings is 1. The number of benzene rings is 2. The minimum atomic E-state index is -0.925. The summed E-state index contributed by atoms with van der Waals surface area (Å²) in [6, 6.07) is 16.2. The van der Waals surface area contributed by atoms with E-state index in [0.29, 0.717) is 17.1 Å². The van der Waals surface area contributed by atoms with Crippen molar-refractivity contribution < 1.29 is 9.90 Å². The summed E-state index contributed by atoms with van der Waals surface area (Å²) < 4.78 is 4.43. The van der Waals surface area contributed by atoms with Crippen LogP contribution >= 0.6 is 11.5 Å². The molecule has 7 nitrogen and oxygen atoms in total. The van der Waals surface area contributed by atoms with Crippen LogP contribution < -0.4 is 0 Å². The highest BCUT2D eigenvalue weighted by Crippen LogP contribution is 2.35. The molecule has 152 valence electrons. The van der Waals surface area contributed by atoms with Crippen LogP contribution in [0.1, 0.15) is 53.7 Å². The molecular weight excluding hydrogens is 398 g/mol. The number of carboxylic acids is 1. The maximum Gasteiger partial charge on any atom is 0.338 e. The van der Waals surface area contributed by atoms with Crippen LogP contribution in [0.3, 0.4) is 0 Å². The van der Waals surface area contributed by atoms with Crippen molar-refractivity contribution in [3.8, 4) is 22.5 Å². The number of carbonyl (C=O) groups is 1. The molecule has 0 amide bonds. The quantitative estimate of drug-likeness (QED) is 0.416. The molecule has 0 fully saturated rings. The Morgan fingerprint density at radius 2 is 1.90 bits per heavy atom. The molecule has 0 aliphatic heterocycles. The summed E-state index contributed by atoms with van der Waals surface area (Å²) in [6.07, 6.45) is 2.91. The summed E-state index contributed by atoms with van der Waals surface area (Å²) >= 11 is 1.20. The summed E-state index contributed by atoms with van der Waals surface area (Å²) in [4.78, 5) is 11.6. The average molecular weight is 420 g/mol. The van der Waals surface area contributed by atoms with Gasteiger partial charge < -0.3 is 5.11 Å². The first-order chi connectivity index (χ1) is 14.7. The summed E-state index contributed by atoms with van der Waals surface area (Å²) in [5, 5.41) is 25.4. The van der Waals surface area contributed by atoms with E-state index in [1.807, 2.05) is 24.3 Å². The Balaban J connectivity index is 1.70. The molecule has 0 saturated heterocycles. The van der Waals surface area contributed by atoms with E-state index in [0.717, 1.165) is 41.5 Å². The second kappa shape index (κ2) is 8.96. The van der Waals surface area contributed by atoms with Gasteiger partial charge in [-0.15, -0.1) is 5.10 Å². The number of H-pyrrole nitrogens is 1. The number of aromatic nitrogens is 5. The van der Waals surface area contributed by atoms with Crippen LogP contribution in [-0.4, -0.2) is 36.1 Å². The number of aromatic amines is 1. The van der Waals surface area contributed by atoms with Crippen molar-refractivity contribution in [3.63, 3.8) is 0 Å². The summed E-state index contributed by atoms with van der Waals surface area (Å²) in [6.45, 7) is 2.13. The molecule has 30 heavy (non-hydrogen) atoms. The van der Waals surface area contributed by atoms with Crippen molar-refractivity contribution in [1.82, 2.24) is 25.0 Å². The van der Waals surface area contributed by atoms with Crippen LogP contribution in [0.25, 0.3) is 22.5 Å². The highest BCUT2D eigenvalue weighted by Gasteiger charge is 2.23. The topological polar surface area (TPSA) is 105 Å². The third-order valence-corrected chi connectivity index (χ3v) is 5.80. The molecule has 1 unspecified atom stereocenters. The molecule has 1 atom stereocenters. The Morgan fingerprint density at radius 1 is 1.13 bits per heavy atom. The number of nitrogens with one attached hydrogen (secondary N) is 1. The van der Waals surface area contributed by atoms with Crippen molar-refractivity contribution in [2.24, 2.45) is 0 Å². The molecule has 0 aliphatic rings. The lowest BCUT2D eigenvalue weighted by Gasteiger charge is -2.17. The Kier molecular flexibility index (Phi) is 5.94. The second-order valence-corrected chi connectivity index (χ2v) is 7.66. The van der Waals surface area contributed by atoms with E-state index < -0.39 is 5.97 Å². The largest absolute Gasteiger partial charge is 0.478 e. The molecule has 0 aliphatic carbocycles. The zero-order chi connectivity index (χ0) is 20.9. The van der Waals surface area contributed by atoms with Crippen LogP contribution in [-0.2, 0) is 0 Å². The first kappa shape index (κ1) is 19.9. The lowest BCUT2D eigenvalue weighted by molar-refractivity contribution is 0.0695. The third-order valence-electron chi connectivity index (χ3n) is 5.16. The normalized spacial score (nSPS) is 12.0. The fourth-order valence-corrected chi connectivity index (χ4v) is 4.35. The molecule has 0 saturated carbocycles. The lowest BCUT2D eigenvalue weighted by Crippen LogP contribution is -2.08. The number of hydrogen-bond acceptors (Lipinski definition) is 6. The zero-order valence-electron chi connectivity index (χ0n) is 16.4. The van der Waals surface area contributed by atoms with E-state index in [1.54, 1.807) is 5.38 Å². The molecule has 4 rings (SSSR count). The van der Waals surface area contributed by atoms with Crippen molar-refractivity contribution in [1.29, 1.82) is 0 Å². The Hall–Kier alpha value is -3.39. The van der Waals surface area contributed by atoms with Gasteiger partial charge in [0.15, 0.2) is 5.82 Å². The fraction of sp³-hybridized carbons (Fsp3) is 0.227. The second-order valence-electron chi connectivity index (χ2n) is 7.03. The van der Waals surface area contributed by atoms with Gasteiger partial charge in [0.2, 0.25) is 0 Å². The maximum atomic E-state index is 11.6. The molecule has 8 heteroatoms. The Morgan fingerprint density at radius 3 is 2.57 bits per heavy atom. The predicted molar refractivity (Wildman–Crippen MR) is 115 cm³/mol. The number of hydrogen-bond donors (Lipinski definition) is 2. The minimum absolute atomic E-state index is 0.0370. The molecule has 0 bridgehead atoms. The van der Waals surface area contributed by atoms with Gasteiger partial charge in [0.05, 0.1) is 11.3 Å². The molecule has 0 radical (unpaired) electrons. The van der Waals surface area contributed by atoms with E-state index in [1.165, 1.54) is 11.5 Å². The number of unbranched alkanes of at least 4 members (excludes halogenated alkanes) is 1.